The van der Waals surface area contributed by atoms with Crippen molar-refractivity contribution in [2.24, 2.45) is 5.92 Å². The first-order valence-corrected chi connectivity index (χ1v) is 21.8. The summed E-state index contributed by atoms with van der Waals surface area (Å²) in [4.78, 5) is 107. The number of fused-ring (bicyclic) bond motifs is 2. The molecule has 6 atom stereocenters. The van der Waals surface area contributed by atoms with Crippen LogP contribution < -0.4 is 27.3 Å². The van der Waals surface area contributed by atoms with E-state index < -0.39 is 77.7 Å². The molecule has 0 radical (unpaired) electrons. The Kier molecular flexibility index (Phi) is 13.1. The fourth-order valence-electron chi connectivity index (χ4n) is 6.24. The van der Waals surface area contributed by atoms with Crippen LogP contribution in [0.4, 0.5) is 0 Å². The van der Waals surface area contributed by atoms with Gasteiger partial charge in [0.1, 0.15) is 40.8 Å². The van der Waals surface area contributed by atoms with E-state index in [9.17, 15) is 62.8 Å². The zero-order chi connectivity index (χ0) is 43.7. The van der Waals surface area contributed by atoms with Crippen LogP contribution in [0.3, 0.4) is 0 Å². The summed E-state index contributed by atoms with van der Waals surface area (Å²) in [5.41, 5.74) is -2.00. The fraction of sp³-hybridized carbons (Fsp3) is 0.355. The summed E-state index contributed by atoms with van der Waals surface area (Å²) in [7, 11) is -17.1. The topological polar surface area (TPSA) is 389 Å². The van der Waals surface area contributed by atoms with E-state index in [0.717, 1.165) is 6.20 Å². The number of hydrogen-bond donors (Lipinski definition) is 10. The van der Waals surface area contributed by atoms with E-state index in [2.05, 4.69) is 28.8 Å². The fourth-order valence-corrected chi connectivity index (χ4v) is 9.27. The minimum Gasteiger partial charge on any atom is -0.507 e. The average molecular weight is 905 g/mol. The Morgan fingerprint density at radius 2 is 1.70 bits per heavy atom. The maximum atomic E-state index is 13.5. The Morgan fingerprint density at radius 1 is 0.983 bits per heavy atom. The summed E-state index contributed by atoms with van der Waals surface area (Å²) < 4.78 is 57.9. The van der Waals surface area contributed by atoms with Crippen LogP contribution in [0.15, 0.2) is 61.5 Å². The summed E-state index contributed by atoms with van der Waals surface area (Å²) in [6.45, 7) is -0.953. The SMILES string of the molecule is O=C(NCN/C=C/c1cn([C@@H]2O[C@H](COP(=O)(O)OP(=O)(O)OP(=O)(O)O)[C@@H](O)[C@H]2O)c(=O)[nH]c1=O)C1CCN(C(=O)c2c(O)ccc3nc4ccc(=O)cc-4oc23)CC1. The van der Waals surface area contributed by atoms with E-state index in [-0.39, 0.29) is 77.7 Å². The predicted molar refractivity (Wildman–Crippen MR) is 199 cm³/mol. The number of benzene rings is 2. The van der Waals surface area contributed by atoms with Gasteiger partial charge in [-0.3, -0.25) is 33.3 Å². The zero-order valence-corrected chi connectivity index (χ0v) is 33.1. The highest BCUT2D eigenvalue weighted by atomic mass is 31.3. The molecule has 26 nitrogen and oxygen atoms in total. The number of nitrogens with one attached hydrogen (secondary N) is 3. The van der Waals surface area contributed by atoms with E-state index in [1.165, 1.54) is 47.5 Å². The van der Waals surface area contributed by atoms with Crippen molar-refractivity contribution in [1.29, 1.82) is 0 Å². The Labute approximate surface area is 334 Å². The summed E-state index contributed by atoms with van der Waals surface area (Å²) in [6, 6.07) is 6.83. The number of amides is 2. The van der Waals surface area contributed by atoms with Crippen LogP contribution in [0.2, 0.25) is 0 Å². The molecule has 4 aliphatic rings. The summed E-state index contributed by atoms with van der Waals surface area (Å²) in [5.74, 6) is -1.60. The van der Waals surface area contributed by atoms with Gasteiger partial charge in [0, 0.05) is 31.3 Å². The maximum Gasteiger partial charge on any atom is 0.490 e. The van der Waals surface area contributed by atoms with Gasteiger partial charge in [0.2, 0.25) is 5.91 Å². The van der Waals surface area contributed by atoms with Crippen molar-refractivity contribution in [1.82, 2.24) is 30.1 Å². The standard InChI is InChI=1S/C31H35N6O20P3/c38-17-1-2-18-21(11-17)54-26-19(34-18)3-4-20(39)23(26)29(44)36-9-6-15(7-10-36)27(42)33-14-32-8-5-16-12-37(31(45)35-28(16)43)30-25(41)24(40)22(55-30)13-53-59(49,50)57-60(51,52)56-58(46,47)48/h1-5,8,11-12,15,22,24-25,30,32,39-41H,6-7,9-10,13-14H2,(H,33,42)(H,49,50)(H,51,52)(H,35,43,45)(H2,46,47,48)/b8-5+/t22-,24-,25-,30-/m1/s1. The quantitative estimate of drug-likeness (QED) is 0.0314. The van der Waals surface area contributed by atoms with Gasteiger partial charge in [0.25, 0.3) is 11.5 Å². The Balaban J connectivity index is 1.00. The van der Waals surface area contributed by atoms with Gasteiger partial charge < -0.3 is 59.6 Å². The molecule has 2 fully saturated rings. The summed E-state index contributed by atoms with van der Waals surface area (Å²) in [6.07, 6.45) is -3.40. The lowest BCUT2D eigenvalue weighted by molar-refractivity contribution is -0.126. The van der Waals surface area contributed by atoms with Gasteiger partial charge in [-0.15, -0.1) is 0 Å². The highest BCUT2D eigenvalue weighted by Gasteiger charge is 2.47. The lowest BCUT2D eigenvalue weighted by Gasteiger charge is -2.31. The van der Waals surface area contributed by atoms with Gasteiger partial charge in [-0.2, -0.15) is 8.62 Å². The van der Waals surface area contributed by atoms with Crippen LogP contribution in [0, 0.1) is 5.92 Å². The second-order valence-corrected chi connectivity index (χ2v) is 17.6. The highest BCUT2D eigenvalue weighted by molar-refractivity contribution is 7.66. The molecular formula is C31H35N6O20P3. The molecule has 2 aromatic rings. The van der Waals surface area contributed by atoms with E-state index >= 15 is 0 Å². The molecule has 1 aromatic carbocycles. The van der Waals surface area contributed by atoms with Crippen LogP contribution in [0.1, 0.15) is 35.0 Å². The second kappa shape index (κ2) is 17.6. The number of aliphatic hydroxyl groups excluding tert-OH is 2. The van der Waals surface area contributed by atoms with Crippen LogP contribution in [-0.2, 0) is 36.4 Å². The number of aromatic amines is 1. The van der Waals surface area contributed by atoms with Crippen molar-refractivity contribution in [3.05, 3.63) is 84.9 Å². The number of rotatable bonds is 14. The molecule has 2 unspecified atom stereocenters. The Hall–Kier alpha value is -4.91. The van der Waals surface area contributed by atoms with Gasteiger partial charge in [-0.05, 0) is 49.4 Å². The minimum absolute atomic E-state index is 0.00316. The van der Waals surface area contributed by atoms with Gasteiger partial charge in [-0.25, -0.2) is 23.5 Å². The third-order valence-electron chi connectivity index (χ3n) is 9.04. The van der Waals surface area contributed by atoms with Crippen LogP contribution in [0.5, 0.6) is 5.75 Å². The predicted octanol–water partition coefficient (Wildman–Crippen LogP) is -1.00. The minimum atomic E-state index is -5.85. The number of carbonyl (C=O) groups is 2. The number of aromatic hydroxyl groups is 1. The van der Waals surface area contributed by atoms with Crippen molar-refractivity contribution in [2.45, 2.75) is 37.4 Å². The number of hydrogen-bond acceptors (Lipinski definition) is 18. The number of phenols is 1. The molecule has 2 saturated heterocycles. The summed E-state index contributed by atoms with van der Waals surface area (Å²) >= 11 is 0. The molecule has 3 aliphatic heterocycles. The van der Waals surface area contributed by atoms with Crippen LogP contribution in [0.25, 0.3) is 28.6 Å². The molecule has 4 heterocycles. The molecule has 1 aliphatic carbocycles. The molecule has 324 valence electrons. The van der Waals surface area contributed by atoms with E-state index in [1.807, 2.05) is 4.98 Å². The first kappa shape index (κ1) is 44.6. The number of phenolic OH excluding ortho intramolecular Hbond substituents is 1. The Morgan fingerprint density at radius 3 is 2.40 bits per heavy atom. The number of ether oxygens (including phenoxy) is 1. The number of aliphatic hydroxyl groups is 2. The molecule has 0 spiro atoms. The second-order valence-electron chi connectivity index (χ2n) is 13.2. The van der Waals surface area contributed by atoms with Crippen molar-refractivity contribution in [3.8, 4) is 17.2 Å². The number of likely N-dealkylation sites (tertiary alicyclic amines) is 1. The number of phosphoric acid groups is 3. The monoisotopic (exact) mass is 904 g/mol. The molecular weight excluding hydrogens is 869 g/mol. The molecule has 10 N–H and O–H groups in total. The first-order valence-electron chi connectivity index (χ1n) is 17.3. The van der Waals surface area contributed by atoms with Crippen molar-refractivity contribution < 1.29 is 80.5 Å². The molecule has 0 bridgehead atoms. The molecule has 60 heavy (non-hydrogen) atoms. The summed E-state index contributed by atoms with van der Waals surface area (Å²) in [5, 5.41) is 37.0. The highest BCUT2D eigenvalue weighted by Crippen LogP contribution is 2.66. The number of carbonyl (C=O) groups excluding carboxylic acids is 2. The molecule has 29 heteroatoms. The van der Waals surface area contributed by atoms with Gasteiger partial charge in [0.15, 0.2) is 23.0 Å². The lowest BCUT2D eigenvalue weighted by atomic mass is 9.95. The van der Waals surface area contributed by atoms with Gasteiger partial charge >= 0.3 is 29.2 Å². The number of nitrogens with zero attached hydrogens (tertiary/aromatic N) is 3. The third-order valence-corrected chi connectivity index (χ3v) is 12.8. The van der Waals surface area contributed by atoms with E-state index in [1.54, 1.807) is 0 Å². The number of H-pyrrole nitrogens is 1. The van der Waals surface area contributed by atoms with Crippen molar-refractivity contribution in [3.63, 3.8) is 0 Å². The molecule has 1 aromatic heterocycles. The first-order chi connectivity index (χ1) is 28.1. The van der Waals surface area contributed by atoms with Gasteiger partial charge in [-0.1, -0.05) is 0 Å². The smallest absolute Gasteiger partial charge is 0.490 e. The third kappa shape index (κ3) is 10.5. The van der Waals surface area contributed by atoms with Crippen molar-refractivity contribution >= 4 is 52.5 Å². The average Bonchev–Trinajstić information content (AvgIpc) is 3.44. The van der Waals surface area contributed by atoms with Gasteiger partial charge in [0.05, 0.1) is 18.8 Å². The molecule has 0 saturated carbocycles. The van der Waals surface area contributed by atoms with Crippen molar-refractivity contribution in [2.75, 3.05) is 26.4 Å². The number of aromatic nitrogens is 3. The molecule has 6 rings (SSSR count). The zero-order valence-electron chi connectivity index (χ0n) is 30.4. The van der Waals surface area contributed by atoms with Crippen LogP contribution >= 0.6 is 23.5 Å². The molecule has 2 amide bonds. The lowest BCUT2D eigenvalue weighted by Crippen LogP contribution is -2.44. The normalized spacial score (nSPS) is 22.2. The van der Waals surface area contributed by atoms with E-state index in [4.69, 9.17) is 18.9 Å². The largest absolute Gasteiger partial charge is 0.507 e. The van der Waals surface area contributed by atoms with E-state index in [0.29, 0.717) is 10.3 Å². The maximum absolute atomic E-state index is 13.5. The Bertz CT molecular complexity index is 2620. The number of piperidine rings is 1. The number of phosphoric ester groups is 1. The van der Waals surface area contributed by atoms with Crippen LogP contribution in [-0.4, -0.2) is 111 Å².